The highest BCUT2D eigenvalue weighted by Gasteiger charge is 2.01. The summed E-state index contributed by atoms with van der Waals surface area (Å²) in [6.45, 7) is 2.11. The molecule has 0 spiro atoms. The van der Waals surface area contributed by atoms with Crippen LogP contribution < -0.4 is 11.2 Å². The Labute approximate surface area is 206 Å². The van der Waals surface area contributed by atoms with Crippen LogP contribution in [0.3, 0.4) is 0 Å². The first-order valence-electron chi connectivity index (χ1n) is 11.3. The van der Waals surface area contributed by atoms with E-state index in [9.17, 15) is 0 Å². The first-order chi connectivity index (χ1) is 17.1. The molecular weight excluding hydrogens is 428 g/mol. The van der Waals surface area contributed by atoms with Gasteiger partial charge in [0.05, 0.1) is 17.3 Å². The molecule has 0 unspecified atom stereocenters. The third kappa shape index (κ3) is 6.34. The van der Waals surface area contributed by atoms with Crippen molar-refractivity contribution in [3.8, 4) is 6.07 Å². The number of nitriles is 1. The van der Waals surface area contributed by atoms with Gasteiger partial charge >= 0.3 is 0 Å². The van der Waals surface area contributed by atoms with Gasteiger partial charge in [-0.05, 0) is 59.0 Å². The molecule has 3 N–H and O–H groups in total. The molecule has 0 aliphatic rings. The maximum atomic E-state index is 8.97. The molecule has 0 aromatic heterocycles. The minimum atomic E-state index is 0.441. The topological polar surface area (TPSA) is 74.2 Å². The maximum Gasteiger partial charge on any atom is 0.150 e. The van der Waals surface area contributed by atoms with Crippen LogP contribution in [-0.4, -0.2) is 5.84 Å². The van der Waals surface area contributed by atoms with Gasteiger partial charge in [0.15, 0.2) is 5.84 Å². The van der Waals surface area contributed by atoms with E-state index in [-0.39, 0.29) is 0 Å². The van der Waals surface area contributed by atoms with Crippen molar-refractivity contribution in [3.05, 3.63) is 137 Å². The molecule has 4 aromatic carbocycles. The van der Waals surface area contributed by atoms with Gasteiger partial charge in [0.2, 0.25) is 0 Å². The number of benzene rings is 4. The van der Waals surface area contributed by atoms with Gasteiger partial charge in [-0.1, -0.05) is 97.1 Å². The van der Waals surface area contributed by atoms with E-state index in [0.717, 1.165) is 39.1 Å². The average Bonchev–Trinajstić information content (AvgIpc) is 2.92. The highest BCUT2D eigenvalue weighted by atomic mass is 15.3. The number of allylic oxidation sites excluding steroid dienone is 1. The van der Waals surface area contributed by atoms with Crippen LogP contribution in [0, 0.1) is 11.3 Å². The summed E-state index contributed by atoms with van der Waals surface area (Å²) in [5.41, 5.74) is 17.1. The van der Waals surface area contributed by atoms with Crippen LogP contribution in [0.2, 0.25) is 0 Å². The van der Waals surface area contributed by atoms with Crippen LogP contribution in [-0.2, 0) is 0 Å². The molecule has 0 saturated heterocycles. The molecule has 0 aliphatic carbocycles. The smallest absolute Gasteiger partial charge is 0.150 e. The molecule has 0 fully saturated rings. The third-order valence-corrected chi connectivity index (χ3v) is 5.58. The number of nitrogens with zero attached hydrogens (tertiary/aromatic N) is 2. The summed E-state index contributed by atoms with van der Waals surface area (Å²) in [7, 11) is 0. The second kappa shape index (κ2) is 11.3. The molecule has 4 nitrogen and oxygen atoms in total. The van der Waals surface area contributed by atoms with Crippen molar-refractivity contribution in [1.29, 1.82) is 5.26 Å². The van der Waals surface area contributed by atoms with Gasteiger partial charge in [-0.15, -0.1) is 0 Å². The zero-order chi connectivity index (χ0) is 24.5. The highest BCUT2D eigenvalue weighted by molar-refractivity contribution is 5.97. The van der Waals surface area contributed by atoms with Gasteiger partial charge in [0.1, 0.15) is 0 Å². The largest absolute Gasteiger partial charge is 0.382 e. The van der Waals surface area contributed by atoms with Crippen LogP contribution in [0.25, 0.3) is 23.8 Å². The van der Waals surface area contributed by atoms with E-state index in [1.54, 1.807) is 0 Å². The second-order valence-electron chi connectivity index (χ2n) is 8.08. The zero-order valence-corrected chi connectivity index (χ0v) is 19.5. The minimum Gasteiger partial charge on any atom is -0.382 e. The lowest BCUT2D eigenvalue weighted by molar-refractivity contribution is 1.31. The average molecular weight is 455 g/mol. The van der Waals surface area contributed by atoms with E-state index in [0.29, 0.717) is 11.4 Å². The first-order valence-corrected chi connectivity index (χ1v) is 11.3. The van der Waals surface area contributed by atoms with Gasteiger partial charge in [-0.25, -0.2) is 0 Å². The lowest BCUT2D eigenvalue weighted by atomic mass is 10.00. The Morgan fingerprint density at radius 2 is 1.43 bits per heavy atom. The van der Waals surface area contributed by atoms with E-state index in [1.165, 1.54) is 0 Å². The fourth-order valence-electron chi connectivity index (χ4n) is 3.57. The number of anilines is 1. The van der Waals surface area contributed by atoms with Crippen LogP contribution in [0.1, 0.15) is 40.3 Å². The molecule has 0 bridgehead atoms. The SMILES string of the molecule is C/C(=C\c1ccccc1/C=C/c1ccc(C#N)cc1)c1ccc(NN=C(N)c2ccccc2)cc1. The van der Waals surface area contributed by atoms with Crippen LogP contribution in [0.4, 0.5) is 5.69 Å². The minimum absolute atomic E-state index is 0.441. The number of amidine groups is 1. The fraction of sp³-hybridized carbons (Fsp3) is 0.0323. The van der Waals surface area contributed by atoms with Crippen molar-refractivity contribution in [2.24, 2.45) is 10.8 Å². The summed E-state index contributed by atoms with van der Waals surface area (Å²) in [5, 5.41) is 13.2. The Morgan fingerprint density at radius 3 is 2.11 bits per heavy atom. The molecule has 35 heavy (non-hydrogen) atoms. The highest BCUT2D eigenvalue weighted by Crippen LogP contribution is 2.23. The van der Waals surface area contributed by atoms with E-state index in [4.69, 9.17) is 11.0 Å². The fourth-order valence-corrected chi connectivity index (χ4v) is 3.57. The van der Waals surface area contributed by atoms with E-state index < -0.39 is 0 Å². The molecule has 0 heterocycles. The number of hydrazone groups is 1. The number of nitrogens with two attached hydrogens (primary N) is 1. The molecule has 170 valence electrons. The maximum absolute atomic E-state index is 8.97. The van der Waals surface area contributed by atoms with Gasteiger partial charge in [-0.2, -0.15) is 10.4 Å². The Kier molecular flexibility index (Phi) is 7.52. The van der Waals surface area contributed by atoms with Crippen LogP contribution >= 0.6 is 0 Å². The molecule has 4 aromatic rings. The molecule has 0 aliphatic heterocycles. The van der Waals surface area contributed by atoms with Crippen molar-refractivity contribution in [2.75, 3.05) is 5.43 Å². The second-order valence-corrected chi connectivity index (χ2v) is 8.08. The van der Waals surface area contributed by atoms with Crippen molar-refractivity contribution < 1.29 is 0 Å². The summed E-state index contributed by atoms with van der Waals surface area (Å²) in [5.74, 6) is 0.441. The van der Waals surface area contributed by atoms with Crippen molar-refractivity contribution in [2.45, 2.75) is 6.92 Å². The normalized spacial score (nSPS) is 11.9. The third-order valence-electron chi connectivity index (χ3n) is 5.58. The molecule has 0 amide bonds. The molecule has 0 atom stereocenters. The van der Waals surface area contributed by atoms with Crippen molar-refractivity contribution >= 4 is 35.3 Å². The van der Waals surface area contributed by atoms with E-state index in [2.05, 4.69) is 66.0 Å². The number of hydrogen-bond donors (Lipinski definition) is 2. The molecule has 4 heteroatoms. The van der Waals surface area contributed by atoms with Gasteiger partial charge in [-0.3, -0.25) is 5.43 Å². The lowest BCUT2D eigenvalue weighted by Gasteiger charge is -2.07. The summed E-state index contributed by atoms with van der Waals surface area (Å²) < 4.78 is 0. The predicted molar refractivity (Wildman–Crippen MR) is 147 cm³/mol. The quantitative estimate of drug-likeness (QED) is 0.136. The van der Waals surface area contributed by atoms with E-state index >= 15 is 0 Å². The number of nitrogens with one attached hydrogen (secondary N) is 1. The lowest BCUT2D eigenvalue weighted by Crippen LogP contribution is -2.15. The van der Waals surface area contributed by atoms with Crippen molar-refractivity contribution in [3.63, 3.8) is 0 Å². The molecular formula is C31H26N4. The Hall–Kier alpha value is -4.88. The summed E-state index contributed by atoms with van der Waals surface area (Å²) >= 11 is 0. The summed E-state index contributed by atoms with van der Waals surface area (Å²) in [6, 6.07) is 35.8. The van der Waals surface area contributed by atoms with Crippen molar-refractivity contribution in [1.82, 2.24) is 0 Å². The monoisotopic (exact) mass is 454 g/mol. The molecule has 0 saturated carbocycles. The molecule has 4 rings (SSSR count). The van der Waals surface area contributed by atoms with Crippen LogP contribution in [0.15, 0.2) is 108 Å². The Morgan fingerprint density at radius 1 is 0.771 bits per heavy atom. The van der Waals surface area contributed by atoms with Crippen LogP contribution in [0.5, 0.6) is 0 Å². The van der Waals surface area contributed by atoms with Gasteiger partial charge < -0.3 is 5.73 Å². The summed E-state index contributed by atoms with van der Waals surface area (Å²) in [4.78, 5) is 0. The number of hydrogen-bond acceptors (Lipinski definition) is 3. The zero-order valence-electron chi connectivity index (χ0n) is 19.5. The molecule has 0 radical (unpaired) electrons. The van der Waals surface area contributed by atoms with Gasteiger partial charge in [0.25, 0.3) is 0 Å². The number of rotatable bonds is 7. The first kappa shape index (κ1) is 23.3. The Bertz CT molecular complexity index is 1410. The standard InChI is InChI=1S/C31H26N4/c1-23(26-17-19-30(20-18-26)34-35-31(33)28-8-3-2-4-9-28)21-29-10-6-5-7-27(29)16-15-24-11-13-25(22-32)14-12-24/h2-21,34H,1H3,(H2,33,35)/b16-15+,23-21+. The van der Waals surface area contributed by atoms with E-state index in [1.807, 2.05) is 78.9 Å². The predicted octanol–water partition coefficient (Wildman–Crippen LogP) is 7.02. The van der Waals surface area contributed by atoms with Gasteiger partial charge in [0, 0.05) is 5.56 Å². The Balaban J connectivity index is 1.47. The summed E-state index contributed by atoms with van der Waals surface area (Å²) in [6.07, 6.45) is 6.35.